The summed E-state index contributed by atoms with van der Waals surface area (Å²) in [4.78, 5) is 33.1. The van der Waals surface area contributed by atoms with E-state index in [0.29, 0.717) is 44.4 Å². The average molecular weight is 347 g/mol. The molecule has 1 N–H and O–H groups in total. The SMILES string of the molecule is CCc1nc([C@@H]2CN(C(=O)[C@@H]3CC(=O)N(CC4CC4)C3)CCO2)n[nH]1. The first-order valence-electron chi connectivity index (χ1n) is 9.23. The molecule has 2 saturated heterocycles. The van der Waals surface area contributed by atoms with E-state index in [-0.39, 0.29) is 23.8 Å². The zero-order valence-corrected chi connectivity index (χ0v) is 14.6. The predicted molar refractivity (Wildman–Crippen MR) is 88.4 cm³/mol. The standard InChI is InChI=1S/C17H25N5O3/c1-2-14-18-16(20-19-14)13-10-21(5-6-25-13)17(24)12-7-15(23)22(9-12)8-11-3-4-11/h11-13H,2-10H2,1H3,(H,18,19,20)/t12-,13+/m1/s1. The number of nitrogens with zero attached hydrogens (tertiary/aromatic N) is 4. The second kappa shape index (κ2) is 6.74. The van der Waals surface area contributed by atoms with Crippen LogP contribution in [0.25, 0.3) is 0 Å². The van der Waals surface area contributed by atoms with E-state index in [1.807, 2.05) is 16.7 Å². The van der Waals surface area contributed by atoms with Gasteiger partial charge >= 0.3 is 0 Å². The maximum absolute atomic E-state index is 12.9. The fourth-order valence-corrected chi connectivity index (χ4v) is 3.60. The summed E-state index contributed by atoms with van der Waals surface area (Å²) in [7, 11) is 0. The molecule has 1 saturated carbocycles. The highest BCUT2D eigenvalue weighted by Crippen LogP contribution is 2.32. The number of carbonyl (C=O) groups is 2. The number of rotatable bonds is 5. The van der Waals surface area contributed by atoms with Crippen LogP contribution in [-0.4, -0.2) is 69.6 Å². The summed E-state index contributed by atoms with van der Waals surface area (Å²) < 4.78 is 5.75. The lowest BCUT2D eigenvalue weighted by molar-refractivity contribution is -0.143. The fraction of sp³-hybridized carbons (Fsp3) is 0.765. The third kappa shape index (κ3) is 3.53. The highest BCUT2D eigenvalue weighted by molar-refractivity contribution is 5.89. The first-order chi connectivity index (χ1) is 12.1. The number of aromatic nitrogens is 3. The molecule has 2 aliphatic heterocycles. The molecule has 2 amide bonds. The zero-order valence-electron chi connectivity index (χ0n) is 14.6. The lowest BCUT2D eigenvalue weighted by Gasteiger charge is -2.33. The van der Waals surface area contributed by atoms with Crippen molar-refractivity contribution in [2.75, 3.05) is 32.8 Å². The van der Waals surface area contributed by atoms with E-state index in [2.05, 4.69) is 15.2 Å². The van der Waals surface area contributed by atoms with Gasteiger partial charge < -0.3 is 14.5 Å². The van der Waals surface area contributed by atoms with E-state index in [0.717, 1.165) is 18.8 Å². The molecule has 4 rings (SSSR count). The minimum atomic E-state index is -0.297. The van der Waals surface area contributed by atoms with Gasteiger partial charge in [0.1, 0.15) is 11.9 Å². The summed E-state index contributed by atoms with van der Waals surface area (Å²) in [5, 5.41) is 7.10. The van der Waals surface area contributed by atoms with Crippen LogP contribution < -0.4 is 0 Å². The van der Waals surface area contributed by atoms with Crippen molar-refractivity contribution in [3.05, 3.63) is 11.6 Å². The molecule has 3 aliphatic rings. The Morgan fingerprint density at radius 3 is 2.92 bits per heavy atom. The Kier molecular flexibility index (Phi) is 4.45. The quantitative estimate of drug-likeness (QED) is 0.839. The molecule has 8 heteroatoms. The van der Waals surface area contributed by atoms with Crippen LogP contribution in [0.15, 0.2) is 0 Å². The van der Waals surface area contributed by atoms with E-state index in [1.165, 1.54) is 12.8 Å². The third-order valence-corrected chi connectivity index (χ3v) is 5.29. The van der Waals surface area contributed by atoms with E-state index >= 15 is 0 Å². The van der Waals surface area contributed by atoms with Crippen molar-refractivity contribution in [2.24, 2.45) is 11.8 Å². The molecule has 0 unspecified atom stereocenters. The van der Waals surface area contributed by atoms with Crippen molar-refractivity contribution in [3.8, 4) is 0 Å². The third-order valence-electron chi connectivity index (χ3n) is 5.29. The Balaban J connectivity index is 1.37. The monoisotopic (exact) mass is 347 g/mol. The summed E-state index contributed by atoms with van der Waals surface area (Å²) in [5.74, 6) is 2.04. The van der Waals surface area contributed by atoms with Gasteiger partial charge in [0, 0.05) is 32.5 Å². The lowest BCUT2D eigenvalue weighted by Crippen LogP contribution is -2.45. The molecule has 0 spiro atoms. The molecule has 1 aromatic heterocycles. The summed E-state index contributed by atoms with van der Waals surface area (Å²) in [6.45, 7) is 4.88. The number of amides is 2. The number of aromatic amines is 1. The number of carbonyl (C=O) groups excluding carboxylic acids is 2. The van der Waals surface area contributed by atoms with Crippen molar-refractivity contribution in [3.63, 3.8) is 0 Å². The lowest BCUT2D eigenvalue weighted by atomic mass is 10.1. The Morgan fingerprint density at radius 1 is 1.36 bits per heavy atom. The van der Waals surface area contributed by atoms with E-state index in [9.17, 15) is 9.59 Å². The predicted octanol–water partition coefficient (Wildman–Crippen LogP) is 0.526. The van der Waals surface area contributed by atoms with Crippen LogP contribution in [0.5, 0.6) is 0 Å². The number of likely N-dealkylation sites (tertiary alicyclic amines) is 1. The number of morpholine rings is 1. The van der Waals surface area contributed by atoms with Crippen LogP contribution in [0.3, 0.4) is 0 Å². The summed E-state index contributed by atoms with van der Waals surface area (Å²) in [6, 6.07) is 0. The highest BCUT2D eigenvalue weighted by atomic mass is 16.5. The van der Waals surface area contributed by atoms with Gasteiger partial charge in [-0.3, -0.25) is 14.7 Å². The van der Waals surface area contributed by atoms with Gasteiger partial charge in [-0.1, -0.05) is 6.92 Å². The van der Waals surface area contributed by atoms with Gasteiger partial charge in [-0.15, -0.1) is 0 Å². The van der Waals surface area contributed by atoms with Crippen LogP contribution in [-0.2, 0) is 20.7 Å². The van der Waals surface area contributed by atoms with Crippen molar-refractivity contribution >= 4 is 11.8 Å². The average Bonchev–Trinajstić information content (AvgIpc) is 3.18. The van der Waals surface area contributed by atoms with Gasteiger partial charge in [0.2, 0.25) is 11.8 Å². The molecule has 0 radical (unpaired) electrons. The molecule has 1 aliphatic carbocycles. The molecular formula is C17H25N5O3. The Hall–Kier alpha value is -1.96. The minimum absolute atomic E-state index is 0.0613. The zero-order chi connectivity index (χ0) is 17.4. The number of nitrogens with one attached hydrogen (secondary N) is 1. The van der Waals surface area contributed by atoms with E-state index in [1.54, 1.807) is 0 Å². The number of aryl methyl sites for hydroxylation is 1. The van der Waals surface area contributed by atoms with Gasteiger partial charge in [-0.05, 0) is 18.8 Å². The highest BCUT2D eigenvalue weighted by Gasteiger charge is 2.40. The molecule has 0 aromatic carbocycles. The summed E-state index contributed by atoms with van der Waals surface area (Å²) in [5.41, 5.74) is 0. The Morgan fingerprint density at radius 2 is 2.20 bits per heavy atom. The molecular weight excluding hydrogens is 322 g/mol. The van der Waals surface area contributed by atoms with Gasteiger partial charge in [0.05, 0.1) is 19.1 Å². The molecule has 136 valence electrons. The van der Waals surface area contributed by atoms with Crippen LogP contribution in [0.2, 0.25) is 0 Å². The summed E-state index contributed by atoms with van der Waals surface area (Å²) >= 11 is 0. The maximum Gasteiger partial charge on any atom is 0.228 e. The molecule has 1 aromatic rings. The Bertz CT molecular complexity index is 656. The van der Waals surface area contributed by atoms with Crippen LogP contribution >= 0.6 is 0 Å². The van der Waals surface area contributed by atoms with Gasteiger partial charge in [0.25, 0.3) is 0 Å². The van der Waals surface area contributed by atoms with E-state index in [4.69, 9.17) is 4.74 Å². The Labute approximate surface area is 146 Å². The fourth-order valence-electron chi connectivity index (χ4n) is 3.60. The molecule has 2 atom stereocenters. The van der Waals surface area contributed by atoms with Gasteiger partial charge in [0.15, 0.2) is 5.82 Å². The molecule has 25 heavy (non-hydrogen) atoms. The van der Waals surface area contributed by atoms with Crippen molar-refractivity contribution in [1.29, 1.82) is 0 Å². The van der Waals surface area contributed by atoms with Crippen molar-refractivity contribution < 1.29 is 14.3 Å². The van der Waals surface area contributed by atoms with Crippen LogP contribution in [0, 0.1) is 11.8 Å². The van der Waals surface area contributed by atoms with Gasteiger partial charge in [-0.25, -0.2) is 4.98 Å². The molecule has 8 nitrogen and oxygen atoms in total. The van der Waals surface area contributed by atoms with Crippen molar-refractivity contribution in [1.82, 2.24) is 25.0 Å². The van der Waals surface area contributed by atoms with Gasteiger partial charge in [-0.2, -0.15) is 5.10 Å². The maximum atomic E-state index is 12.9. The largest absolute Gasteiger partial charge is 0.366 e. The number of H-pyrrole nitrogens is 1. The van der Waals surface area contributed by atoms with Crippen LogP contribution in [0.4, 0.5) is 0 Å². The normalized spacial score (nSPS) is 27.2. The number of ether oxygens (including phenoxy) is 1. The molecule has 0 bridgehead atoms. The van der Waals surface area contributed by atoms with E-state index < -0.39 is 0 Å². The number of hydrogen-bond acceptors (Lipinski definition) is 5. The topological polar surface area (TPSA) is 91.4 Å². The second-order valence-electron chi connectivity index (χ2n) is 7.28. The summed E-state index contributed by atoms with van der Waals surface area (Å²) in [6.07, 6.45) is 3.25. The second-order valence-corrected chi connectivity index (χ2v) is 7.28. The molecule has 3 fully saturated rings. The molecule has 3 heterocycles. The smallest absolute Gasteiger partial charge is 0.228 e. The number of hydrogen-bond donors (Lipinski definition) is 1. The van der Waals surface area contributed by atoms with Crippen molar-refractivity contribution in [2.45, 2.75) is 38.7 Å². The minimum Gasteiger partial charge on any atom is -0.366 e. The van der Waals surface area contributed by atoms with Crippen LogP contribution in [0.1, 0.15) is 43.9 Å². The first kappa shape index (κ1) is 16.5. The first-order valence-corrected chi connectivity index (χ1v) is 9.23.